The molecule has 1 aromatic rings. The third-order valence-corrected chi connectivity index (χ3v) is 3.71. The number of hydrogen-bond donors (Lipinski definition) is 1. The van der Waals surface area contributed by atoms with Crippen LogP contribution < -0.4 is 5.32 Å². The van der Waals surface area contributed by atoms with Crippen LogP contribution in [-0.4, -0.2) is 54.3 Å². The zero-order chi connectivity index (χ0) is 15.4. The topological polar surface area (TPSA) is 80.5 Å². The molecule has 2 atom stereocenters. The van der Waals surface area contributed by atoms with E-state index in [0.29, 0.717) is 18.9 Å². The van der Waals surface area contributed by atoms with Gasteiger partial charge in [0, 0.05) is 32.0 Å². The van der Waals surface area contributed by atoms with E-state index in [4.69, 9.17) is 9.26 Å². The van der Waals surface area contributed by atoms with Crippen LogP contribution in [0.3, 0.4) is 0 Å². The first-order valence-corrected chi connectivity index (χ1v) is 7.33. The Morgan fingerprint density at radius 1 is 1.57 bits per heavy atom. The van der Waals surface area contributed by atoms with Gasteiger partial charge in [-0.05, 0) is 13.5 Å². The summed E-state index contributed by atoms with van der Waals surface area (Å²) in [5, 5.41) is 7.03. The number of rotatable bonds is 6. The van der Waals surface area contributed by atoms with Crippen molar-refractivity contribution in [3.8, 4) is 0 Å². The van der Waals surface area contributed by atoms with E-state index in [2.05, 4.69) is 20.4 Å². The second kappa shape index (κ2) is 7.00. The summed E-state index contributed by atoms with van der Waals surface area (Å²) in [5.74, 6) is 1.63. The van der Waals surface area contributed by atoms with Gasteiger partial charge in [-0.15, -0.1) is 0 Å². The van der Waals surface area contributed by atoms with E-state index < -0.39 is 0 Å². The van der Waals surface area contributed by atoms with Crippen LogP contribution in [0.1, 0.15) is 50.4 Å². The second-order valence-electron chi connectivity index (χ2n) is 5.84. The number of methoxy groups -OCH3 is 1. The predicted molar refractivity (Wildman–Crippen MR) is 76.8 cm³/mol. The van der Waals surface area contributed by atoms with Crippen molar-refractivity contribution in [1.82, 2.24) is 20.4 Å². The summed E-state index contributed by atoms with van der Waals surface area (Å²) in [7, 11) is 3.60. The molecule has 0 spiro atoms. The highest BCUT2D eigenvalue weighted by Gasteiger charge is 2.35. The minimum Gasteiger partial charge on any atom is -0.384 e. The first kappa shape index (κ1) is 15.9. The average Bonchev–Trinajstić information content (AvgIpc) is 3.03. The SMILES string of the molecule is COCCC(=O)N[C@H]1C[C@H](c2nc(C(C)C)no2)N(C)C1. The first-order chi connectivity index (χ1) is 10.0. The molecule has 1 saturated heterocycles. The zero-order valence-corrected chi connectivity index (χ0v) is 13.1. The van der Waals surface area contributed by atoms with Crippen molar-refractivity contribution in [1.29, 1.82) is 0 Å². The van der Waals surface area contributed by atoms with Crippen LogP contribution in [0, 0.1) is 0 Å². The lowest BCUT2D eigenvalue weighted by Crippen LogP contribution is -2.36. The van der Waals surface area contributed by atoms with Crippen molar-refractivity contribution in [2.24, 2.45) is 0 Å². The Morgan fingerprint density at radius 2 is 2.33 bits per heavy atom. The van der Waals surface area contributed by atoms with E-state index in [9.17, 15) is 4.79 Å². The van der Waals surface area contributed by atoms with E-state index in [0.717, 1.165) is 18.8 Å². The average molecular weight is 296 g/mol. The summed E-state index contributed by atoms with van der Waals surface area (Å²) >= 11 is 0. The van der Waals surface area contributed by atoms with Crippen LogP contribution in [0.2, 0.25) is 0 Å². The van der Waals surface area contributed by atoms with E-state index in [-0.39, 0.29) is 23.9 Å². The third-order valence-electron chi connectivity index (χ3n) is 3.71. The smallest absolute Gasteiger partial charge is 0.244 e. The number of nitrogens with one attached hydrogen (secondary N) is 1. The number of nitrogens with zero attached hydrogens (tertiary/aromatic N) is 3. The van der Waals surface area contributed by atoms with Crippen LogP contribution in [0.15, 0.2) is 4.52 Å². The van der Waals surface area contributed by atoms with Crippen LogP contribution in [0.5, 0.6) is 0 Å². The maximum Gasteiger partial charge on any atom is 0.244 e. The molecule has 0 radical (unpaired) electrons. The Hall–Kier alpha value is -1.47. The Morgan fingerprint density at radius 3 is 2.95 bits per heavy atom. The van der Waals surface area contributed by atoms with Crippen molar-refractivity contribution in [2.45, 2.75) is 44.7 Å². The lowest BCUT2D eigenvalue weighted by molar-refractivity contribution is -0.122. The number of likely N-dealkylation sites (N-methyl/N-ethyl adjacent to an activating group) is 1. The highest BCUT2D eigenvalue weighted by Crippen LogP contribution is 2.30. The predicted octanol–water partition coefficient (Wildman–Crippen LogP) is 1.09. The molecule has 1 aliphatic heterocycles. The standard InChI is InChI=1S/C14H24N4O3/c1-9(2)13-16-14(21-17-13)11-7-10(8-18(11)3)15-12(19)5-6-20-4/h9-11H,5-8H2,1-4H3,(H,15,19)/t10-,11+/m0/s1. The van der Waals surface area contributed by atoms with Gasteiger partial charge in [0.05, 0.1) is 12.6 Å². The number of hydrogen-bond acceptors (Lipinski definition) is 6. The number of ether oxygens (including phenoxy) is 1. The van der Waals surface area contributed by atoms with Gasteiger partial charge in [0.2, 0.25) is 11.8 Å². The molecular formula is C14H24N4O3. The quantitative estimate of drug-likeness (QED) is 0.846. The fourth-order valence-corrected chi connectivity index (χ4v) is 2.50. The zero-order valence-electron chi connectivity index (χ0n) is 13.1. The molecule has 1 aliphatic rings. The Balaban J connectivity index is 1.92. The van der Waals surface area contributed by atoms with Crippen molar-refractivity contribution in [2.75, 3.05) is 27.3 Å². The lowest BCUT2D eigenvalue weighted by atomic mass is 10.1. The van der Waals surface area contributed by atoms with Gasteiger partial charge < -0.3 is 14.6 Å². The van der Waals surface area contributed by atoms with Crippen LogP contribution in [-0.2, 0) is 9.53 Å². The number of aromatic nitrogens is 2. The van der Waals surface area contributed by atoms with Crippen LogP contribution in [0.4, 0.5) is 0 Å². The molecule has 1 N–H and O–H groups in total. The summed E-state index contributed by atoms with van der Waals surface area (Å²) in [6.45, 7) is 5.29. The van der Waals surface area contributed by atoms with Crippen molar-refractivity contribution in [3.05, 3.63) is 11.7 Å². The molecule has 0 unspecified atom stereocenters. The van der Waals surface area contributed by atoms with Gasteiger partial charge in [-0.25, -0.2) is 0 Å². The molecule has 2 rings (SSSR count). The van der Waals surface area contributed by atoms with Gasteiger partial charge in [-0.1, -0.05) is 19.0 Å². The molecule has 7 heteroatoms. The summed E-state index contributed by atoms with van der Waals surface area (Å²) < 4.78 is 10.3. The number of carbonyl (C=O) groups is 1. The summed E-state index contributed by atoms with van der Waals surface area (Å²) in [6, 6.07) is 0.177. The minimum atomic E-state index is 0.0179. The fraction of sp³-hybridized carbons (Fsp3) is 0.786. The number of carbonyl (C=O) groups excluding carboxylic acids is 1. The fourth-order valence-electron chi connectivity index (χ4n) is 2.50. The highest BCUT2D eigenvalue weighted by molar-refractivity contribution is 5.76. The number of likely N-dealkylation sites (tertiary alicyclic amines) is 1. The summed E-state index contributed by atoms with van der Waals surface area (Å²) in [4.78, 5) is 18.3. The highest BCUT2D eigenvalue weighted by atomic mass is 16.5. The minimum absolute atomic E-state index is 0.0179. The molecule has 118 valence electrons. The van der Waals surface area contributed by atoms with E-state index in [1.807, 2.05) is 20.9 Å². The molecule has 0 aromatic carbocycles. The molecule has 1 aromatic heterocycles. The molecule has 7 nitrogen and oxygen atoms in total. The molecule has 1 amide bonds. The molecule has 1 fully saturated rings. The van der Waals surface area contributed by atoms with E-state index in [1.165, 1.54) is 0 Å². The lowest BCUT2D eigenvalue weighted by Gasteiger charge is -2.14. The molecule has 0 aliphatic carbocycles. The van der Waals surface area contributed by atoms with Gasteiger partial charge in [0.1, 0.15) is 0 Å². The number of amides is 1. The second-order valence-corrected chi connectivity index (χ2v) is 5.84. The van der Waals surface area contributed by atoms with Gasteiger partial charge in [0.25, 0.3) is 0 Å². The Bertz CT molecular complexity index is 475. The van der Waals surface area contributed by atoms with Crippen LogP contribution in [0.25, 0.3) is 0 Å². The van der Waals surface area contributed by atoms with Crippen molar-refractivity contribution >= 4 is 5.91 Å². The Labute approximate surface area is 125 Å². The van der Waals surface area contributed by atoms with Gasteiger partial charge in [-0.2, -0.15) is 4.98 Å². The summed E-state index contributed by atoms with van der Waals surface area (Å²) in [5.41, 5.74) is 0. The first-order valence-electron chi connectivity index (χ1n) is 7.33. The third kappa shape index (κ3) is 4.01. The molecule has 21 heavy (non-hydrogen) atoms. The van der Waals surface area contributed by atoms with E-state index in [1.54, 1.807) is 7.11 Å². The van der Waals surface area contributed by atoms with Gasteiger partial charge in [-0.3, -0.25) is 9.69 Å². The molecule has 2 heterocycles. The molecule has 0 saturated carbocycles. The van der Waals surface area contributed by atoms with Gasteiger partial charge >= 0.3 is 0 Å². The van der Waals surface area contributed by atoms with Crippen molar-refractivity contribution < 1.29 is 14.1 Å². The normalized spacial score (nSPS) is 22.9. The van der Waals surface area contributed by atoms with E-state index >= 15 is 0 Å². The monoisotopic (exact) mass is 296 g/mol. The Kier molecular flexibility index (Phi) is 5.30. The van der Waals surface area contributed by atoms with Crippen LogP contribution >= 0.6 is 0 Å². The van der Waals surface area contributed by atoms with Crippen molar-refractivity contribution in [3.63, 3.8) is 0 Å². The van der Waals surface area contributed by atoms with Gasteiger partial charge in [0.15, 0.2) is 5.82 Å². The maximum atomic E-state index is 11.7. The largest absolute Gasteiger partial charge is 0.384 e. The molecular weight excluding hydrogens is 272 g/mol. The molecule has 0 bridgehead atoms. The summed E-state index contributed by atoms with van der Waals surface area (Å²) in [6.07, 6.45) is 1.17. The maximum absolute atomic E-state index is 11.7.